The Hall–Kier alpha value is -3.55. The van der Waals surface area contributed by atoms with Gasteiger partial charge in [0.2, 0.25) is 11.8 Å². The minimum Gasteiger partial charge on any atom is -0.486 e. The van der Waals surface area contributed by atoms with E-state index in [2.05, 4.69) is 38.2 Å². The number of anilines is 3. The lowest BCUT2D eigenvalue weighted by Gasteiger charge is -2.41. The van der Waals surface area contributed by atoms with Crippen molar-refractivity contribution in [2.45, 2.75) is 19.0 Å². The molecule has 31 heavy (non-hydrogen) atoms. The van der Waals surface area contributed by atoms with Crippen molar-refractivity contribution >= 4 is 17.5 Å². The van der Waals surface area contributed by atoms with E-state index in [1.165, 1.54) is 0 Å². The van der Waals surface area contributed by atoms with Crippen LogP contribution < -0.4 is 24.6 Å². The third kappa shape index (κ3) is 4.19. The van der Waals surface area contributed by atoms with Gasteiger partial charge < -0.3 is 24.6 Å². The summed E-state index contributed by atoms with van der Waals surface area (Å²) >= 11 is 0. The zero-order valence-corrected chi connectivity index (χ0v) is 18.2. The van der Waals surface area contributed by atoms with Crippen molar-refractivity contribution in [1.82, 2.24) is 15.0 Å². The maximum Gasteiger partial charge on any atom is 0.225 e. The summed E-state index contributed by atoms with van der Waals surface area (Å²) in [5.74, 6) is 2.66. The molecule has 0 aromatic carbocycles. The average Bonchev–Trinajstić information content (AvgIpc) is 2.75. The Balaban J connectivity index is 1.44. The fourth-order valence-corrected chi connectivity index (χ4v) is 3.85. The predicted octanol–water partition coefficient (Wildman–Crippen LogP) is 3.07. The second-order valence-corrected chi connectivity index (χ2v) is 7.76. The van der Waals surface area contributed by atoms with Gasteiger partial charge in [0, 0.05) is 38.1 Å². The van der Waals surface area contributed by atoms with Crippen LogP contribution in [-0.4, -0.2) is 60.9 Å². The van der Waals surface area contributed by atoms with Crippen LogP contribution in [0.25, 0.3) is 0 Å². The molecule has 0 radical (unpaired) electrons. The van der Waals surface area contributed by atoms with Crippen LogP contribution in [0, 0.1) is 0 Å². The fourth-order valence-electron chi connectivity index (χ4n) is 3.85. The van der Waals surface area contributed by atoms with E-state index in [0.29, 0.717) is 24.2 Å². The van der Waals surface area contributed by atoms with Gasteiger partial charge in [0.25, 0.3) is 0 Å². The number of likely N-dealkylation sites (N-methyl/N-ethyl adjacent to an activating group) is 1. The second kappa shape index (κ2) is 8.67. The summed E-state index contributed by atoms with van der Waals surface area (Å²) in [5, 5.41) is 3.43. The zero-order valence-electron chi connectivity index (χ0n) is 18.2. The van der Waals surface area contributed by atoms with Crippen LogP contribution in [0.3, 0.4) is 0 Å². The first-order valence-electron chi connectivity index (χ1n) is 10.2. The standard InChI is InChI=1S/C23H28N6O2/c1-6-7-18(15(2)3)19-14-31-20-11-25-23(27-22(20)28(19)4)26-16-12-29(13-16)17-8-9-24-21(10-17)30-5/h6-11,16,19H,1-2,12-14H2,3-5H3,(H,25,26,27)/b18-7+. The summed E-state index contributed by atoms with van der Waals surface area (Å²) < 4.78 is 11.2. The minimum absolute atomic E-state index is 0.0200. The molecule has 162 valence electrons. The molecule has 4 rings (SSSR count). The van der Waals surface area contributed by atoms with Crippen LogP contribution in [0.5, 0.6) is 11.6 Å². The first-order valence-corrected chi connectivity index (χ1v) is 10.2. The van der Waals surface area contributed by atoms with Gasteiger partial charge in [-0.3, -0.25) is 0 Å². The van der Waals surface area contributed by atoms with Gasteiger partial charge in [0.05, 0.1) is 25.4 Å². The lowest BCUT2D eigenvalue weighted by Crippen LogP contribution is -2.55. The maximum atomic E-state index is 5.94. The highest BCUT2D eigenvalue weighted by molar-refractivity contribution is 5.59. The molecule has 1 unspecified atom stereocenters. The molecule has 8 nitrogen and oxygen atoms in total. The summed E-state index contributed by atoms with van der Waals surface area (Å²) in [5.41, 5.74) is 3.16. The molecule has 0 spiro atoms. The quantitative estimate of drug-likeness (QED) is 0.685. The molecule has 0 saturated carbocycles. The van der Waals surface area contributed by atoms with E-state index in [4.69, 9.17) is 14.5 Å². The number of hydrogen-bond donors (Lipinski definition) is 1. The van der Waals surface area contributed by atoms with E-state index in [-0.39, 0.29) is 12.1 Å². The average molecular weight is 421 g/mol. The summed E-state index contributed by atoms with van der Waals surface area (Å²) in [6.07, 6.45) is 7.25. The lowest BCUT2D eigenvalue weighted by molar-refractivity contribution is 0.278. The topological polar surface area (TPSA) is 75.6 Å². The third-order valence-electron chi connectivity index (χ3n) is 5.59. The largest absolute Gasteiger partial charge is 0.486 e. The van der Waals surface area contributed by atoms with E-state index in [0.717, 1.165) is 35.7 Å². The molecule has 2 aromatic heterocycles. The molecule has 1 saturated heterocycles. The Morgan fingerprint density at radius 2 is 2.16 bits per heavy atom. The van der Waals surface area contributed by atoms with Gasteiger partial charge in [-0.1, -0.05) is 30.9 Å². The molecule has 1 fully saturated rings. The van der Waals surface area contributed by atoms with Gasteiger partial charge in [0.1, 0.15) is 6.61 Å². The van der Waals surface area contributed by atoms with Crippen LogP contribution in [0.2, 0.25) is 0 Å². The Morgan fingerprint density at radius 1 is 1.35 bits per heavy atom. The number of pyridine rings is 1. The summed E-state index contributed by atoms with van der Waals surface area (Å²) in [6.45, 7) is 12.1. The Labute approximate surface area is 182 Å². The minimum atomic E-state index is 0.0200. The molecule has 1 N–H and O–H groups in total. The zero-order chi connectivity index (χ0) is 22.0. The van der Waals surface area contributed by atoms with Crippen LogP contribution in [0.1, 0.15) is 6.92 Å². The van der Waals surface area contributed by atoms with Gasteiger partial charge in [-0.05, 0) is 18.6 Å². The Morgan fingerprint density at radius 3 is 2.87 bits per heavy atom. The normalized spacial score (nSPS) is 18.5. The Bertz CT molecular complexity index is 1010. The van der Waals surface area contributed by atoms with Crippen molar-refractivity contribution in [2.75, 3.05) is 49.0 Å². The molecule has 0 amide bonds. The summed E-state index contributed by atoms with van der Waals surface area (Å²) in [4.78, 5) is 17.7. The van der Waals surface area contributed by atoms with Crippen molar-refractivity contribution in [3.63, 3.8) is 0 Å². The molecule has 8 heteroatoms. The number of hydrogen-bond acceptors (Lipinski definition) is 8. The Kier molecular flexibility index (Phi) is 5.79. The number of methoxy groups -OCH3 is 1. The monoisotopic (exact) mass is 420 g/mol. The molecule has 4 heterocycles. The highest BCUT2D eigenvalue weighted by Gasteiger charge is 2.31. The molecule has 1 atom stereocenters. The fraction of sp³-hybridized carbons (Fsp3) is 0.348. The number of fused-ring (bicyclic) bond motifs is 1. The summed E-state index contributed by atoms with van der Waals surface area (Å²) in [6, 6.07) is 4.20. The number of rotatable bonds is 7. The van der Waals surface area contributed by atoms with Crippen molar-refractivity contribution in [3.05, 3.63) is 61.0 Å². The van der Waals surface area contributed by atoms with Crippen molar-refractivity contribution < 1.29 is 9.47 Å². The molecule has 2 aliphatic heterocycles. The van der Waals surface area contributed by atoms with Gasteiger partial charge in [-0.2, -0.15) is 4.98 Å². The predicted molar refractivity (Wildman–Crippen MR) is 123 cm³/mol. The van der Waals surface area contributed by atoms with Crippen molar-refractivity contribution in [3.8, 4) is 11.6 Å². The highest BCUT2D eigenvalue weighted by atomic mass is 16.5. The van der Waals surface area contributed by atoms with E-state index in [1.54, 1.807) is 25.6 Å². The number of allylic oxidation sites excluding steroid dienone is 2. The van der Waals surface area contributed by atoms with E-state index < -0.39 is 0 Å². The first-order chi connectivity index (χ1) is 15.0. The molecular weight excluding hydrogens is 392 g/mol. The molecule has 2 aliphatic rings. The van der Waals surface area contributed by atoms with Crippen LogP contribution in [0.15, 0.2) is 61.0 Å². The number of ether oxygens (including phenoxy) is 2. The van der Waals surface area contributed by atoms with E-state index >= 15 is 0 Å². The lowest BCUT2D eigenvalue weighted by atomic mass is 9.99. The van der Waals surface area contributed by atoms with E-state index in [9.17, 15) is 0 Å². The van der Waals surface area contributed by atoms with Gasteiger partial charge >= 0.3 is 0 Å². The van der Waals surface area contributed by atoms with Gasteiger partial charge in [-0.25, -0.2) is 9.97 Å². The molecule has 2 aromatic rings. The number of aromatic nitrogens is 3. The number of nitrogens with one attached hydrogen (secondary N) is 1. The second-order valence-electron chi connectivity index (χ2n) is 7.76. The molecular formula is C23H28N6O2. The summed E-state index contributed by atoms with van der Waals surface area (Å²) in [7, 11) is 3.64. The highest BCUT2D eigenvalue weighted by Crippen LogP contribution is 2.34. The number of nitrogens with zero attached hydrogens (tertiary/aromatic N) is 5. The third-order valence-corrected chi connectivity index (χ3v) is 5.59. The first kappa shape index (κ1) is 20.7. The van der Waals surface area contributed by atoms with Crippen LogP contribution in [0.4, 0.5) is 17.5 Å². The van der Waals surface area contributed by atoms with Gasteiger partial charge in [-0.15, -0.1) is 0 Å². The van der Waals surface area contributed by atoms with Crippen LogP contribution in [-0.2, 0) is 0 Å². The van der Waals surface area contributed by atoms with Crippen molar-refractivity contribution in [2.24, 2.45) is 0 Å². The SMILES string of the molecule is C=C/C=C(\C(=C)C)C1COc2cnc(NC3CN(c4ccnc(OC)c4)C3)nc2N1C. The van der Waals surface area contributed by atoms with Crippen LogP contribution >= 0.6 is 0 Å². The van der Waals surface area contributed by atoms with E-state index in [1.807, 2.05) is 32.2 Å². The molecule has 0 bridgehead atoms. The maximum absolute atomic E-state index is 5.94. The smallest absolute Gasteiger partial charge is 0.225 e. The molecule has 0 aliphatic carbocycles. The van der Waals surface area contributed by atoms with Gasteiger partial charge in [0.15, 0.2) is 11.6 Å². The van der Waals surface area contributed by atoms with Crippen molar-refractivity contribution in [1.29, 1.82) is 0 Å².